The minimum absolute atomic E-state index is 0.354. The number of imidazole rings is 1. The van der Waals surface area contributed by atoms with Crippen molar-refractivity contribution in [2.24, 2.45) is 52.3 Å². The fourth-order valence-corrected chi connectivity index (χ4v) is 10.1. The number of carbonyl (C=O) groups is 1. The lowest BCUT2D eigenvalue weighted by Crippen LogP contribution is -2.58. The number of nitrogens with zero attached hydrogens (tertiary/aromatic N) is 2. The van der Waals surface area contributed by atoms with E-state index in [0.29, 0.717) is 46.3 Å². The van der Waals surface area contributed by atoms with E-state index in [2.05, 4.69) is 49.5 Å². The van der Waals surface area contributed by atoms with Crippen LogP contribution in [0.2, 0.25) is 0 Å². The zero-order valence-corrected chi connectivity index (χ0v) is 24.6. The van der Waals surface area contributed by atoms with E-state index in [1.165, 1.54) is 64.2 Å². The SMILES string of the molecule is CC(C)CCC[C@@H](C)[C@H]1CCC2C3C(=O)CC4C[C@H](NCCCn5ccnc5)CC[C@]4(C)C3CC[C@@]21C. The molecule has 0 aromatic carbocycles. The van der Waals surface area contributed by atoms with E-state index in [4.69, 9.17) is 0 Å². The summed E-state index contributed by atoms with van der Waals surface area (Å²) in [6, 6.07) is 0.585. The molecule has 0 saturated heterocycles. The summed E-state index contributed by atoms with van der Waals surface area (Å²) >= 11 is 0. The number of carbonyl (C=O) groups excluding carboxylic acids is 1. The fraction of sp³-hybridized carbons (Fsp3) is 0.879. The molecule has 9 atom stereocenters. The molecule has 1 aromatic rings. The molecule has 0 bridgehead atoms. The molecule has 0 spiro atoms. The standard InChI is InChI=1S/C33H55N3O/c1-23(2)8-6-9-24(3)27-10-11-28-31-29(13-15-33(27,28)5)32(4)14-12-26(20-25(32)21-30(31)37)35-16-7-18-36-19-17-34-22-36/h17,19,22-29,31,35H,6-16,18,20-21H2,1-5H3/t24-,25?,26-,27-,28?,29?,31?,32+,33-/m1/s1. The lowest BCUT2D eigenvalue weighted by atomic mass is 9.44. The highest BCUT2D eigenvalue weighted by molar-refractivity contribution is 5.83. The molecule has 208 valence electrons. The summed E-state index contributed by atoms with van der Waals surface area (Å²) in [6.07, 6.45) is 21.1. The monoisotopic (exact) mass is 509 g/mol. The summed E-state index contributed by atoms with van der Waals surface area (Å²) in [5.41, 5.74) is 0.765. The molecule has 1 N–H and O–H groups in total. The first-order chi connectivity index (χ1) is 17.7. The lowest BCUT2D eigenvalue weighted by molar-refractivity contribution is -0.157. The molecule has 4 unspecified atom stereocenters. The number of ketones is 1. The van der Waals surface area contributed by atoms with Gasteiger partial charge in [0.25, 0.3) is 0 Å². The van der Waals surface area contributed by atoms with Crippen molar-refractivity contribution < 1.29 is 4.79 Å². The van der Waals surface area contributed by atoms with Gasteiger partial charge in [-0.15, -0.1) is 0 Å². The van der Waals surface area contributed by atoms with Crippen molar-refractivity contribution in [1.29, 1.82) is 0 Å². The average Bonchev–Trinajstić information content (AvgIpc) is 3.49. The maximum Gasteiger partial charge on any atom is 0.136 e. The number of Topliss-reactive ketones (excluding diaryl/α,β-unsaturated/α-hetero) is 1. The molecule has 0 amide bonds. The first kappa shape index (κ1) is 27.4. The molecular weight excluding hydrogens is 454 g/mol. The third kappa shape index (κ3) is 5.35. The van der Waals surface area contributed by atoms with Crippen LogP contribution in [0, 0.1) is 52.3 Å². The number of aromatic nitrogens is 2. The van der Waals surface area contributed by atoms with E-state index >= 15 is 0 Å². The van der Waals surface area contributed by atoms with Crippen molar-refractivity contribution >= 4 is 5.78 Å². The Bertz CT molecular complexity index is 895. The van der Waals surface area contributed by atoms with Gasteiger partial charge >= 0.3 is 0 Å². The third-order valence-corrected chi connectivity index (χ3v) is 12.3. The Balaban J connectivity index is 1.19. The molecule has 0 aliphatic heterocycles. The van der Waals surface area contributed by atoms with E-state index in [0.717, 1.165) is 43.7 Å². The molecule has 1 aromatic heterocycles. The molecule has 5 rings (SSSR count). The summed E-state index contributed by atoms with van der Waals surface area (Å²) in [4.78, 5) is 18.1. The molecule has 4 fully saturated rings. The van der Waals surface area contributed by atoms with Crippen molar-refractivity contribution in [3.63, 3.8) is 0 Å². The average molecular weight is 510 g/mol. The van der Waals surface area contributed by atoms with E-state index in [-0.39, 0.29) is 0 Å². The van der Waals surface area contributed by atoms with Crippen LogP contribution in [-0.2, 0) is 11.3 Å². The van der Waals surface area contributed by atoms with E-state index in [1.807, 2.05) is 18.7 Å². The maximum absolute atomic E-state index is 13.9. The van der Waals surface area contributed by atoms with Gasteiger partial charge in [-0.3, -0.25) is 4.79 Å². The highest BCUT2D eigenvalue weighted by Crippen LogP contribution is 2.67. The number of hydrogen-bond donors (Lipinski definition) is 1. The number of rotatable bonds is 10. The van der Waals surface area contributed by atoms with Crippen molar-refractivity contribution in [2.45, 2.75) is 124 Å². The Morgan fingerprint density at radius 1 is 1.03 bits per heavy atom. The van der Waals surface area contributed by atoms with Crippen LogP contribution >= 0.6 is 0 Å². The van der Waals surface area contributed by atoms with E-state index in [9.17, 15) is 4.79 Å². The van der Waals surface area contributed by atoms with Gasteiger partial charge in [0, 0.05) is 37.3 Å². The summed E-state index contributed by atoms with van der Waals surface area (Å²) in [6.45, 7) is 14.5. The smallest absolute Gasteiger partial charge is 0.136 e. The van der Waals surface area contributed by atoms with Gasteiger partial charge in [0.15, 0.2) is 0 Å². The number of aryl methyl sites for hydroxylation is 1. The van der Waals surface area contributed by atoms with Crippen molar-refractivity contribution in [2.75, 3.05) is 6.54 Å². The molecule has 37 heavy (non-hydrogen) atoms. The van der Waals surface area contributed by atoms with Crippen LogP contribution in [0.5, 0.6) is 0 Å². The van der Waals surface area contributed by atoms with Gasteiger partial charge in [-0.25, -0.2) is 4.98 Å². The predicted octanol–water partition coefficient (Wildman–Crippen LogP) is 7.53. The Hall–Kier alpha value is -1.16. The second-order valence-corrected chi connectivity index (χ2v) is 14.7. The second-order valence-electron chi connectivity index (χ2n) is 14.7. The van der Waals surface area contributed by atoms with Crippen LogP contribution in [0.4, 0.5) is 0 Å². The molecule has 4 aliphatic carbocycles. The van der Waals surface area contributed by atoms with Gasteiger partial charge in [0.05, 0.1) is 6.33 Å². The summed E-state index contributed by atoms with van der Waals surface area (Å²) in [7, 11) is 0. The van der Waals surface area contributed by atoms with Crippen LogP contribution < -0.4 is 5.32 Å². The quantitative estimate of drug-likeness (QED) is 0.332. The first-order valence-corrected chi connectivity index (χ1v) is 15.9. The lowest BCUT2D eigenvalue weighted by Gasteiger charge is -2.60. The van der Waals surface area contributed by atoms with Crippen LogP contribution in [0.3, 0.4) is 0 Å². The van der Waals surface area contributed by atoms with Gasteiger partial charge in [0.2, 0.25) is 0 Å². The summed E-state index contributed by atoms with van der Waals surface area (Å²) < 4.78 is 2.16. The number of nitrogens with one attached hydrogen (secondary N) is 1. The molecule has 4 aliphatic rings. The largest absolute Gasteiger partial charge is 0.337 e. The second kappa shape index (κ2) is 11.1. The molecule has 1 heterocycles. The van der Waals surface area contributed by atoms with Gasteiger partial charge in [0.1, 0.15) is 5.78 Å². The van der Waals surface area contributed by atoms with Crippen LogP contribution in [0.1, 0.15) is 112 Å². The van der Waals surface area contributed by atoms with Gasteiger partial charge in [-0.1, -0.05) is 53.9 Å². The topological polar surface area (TPSA) is 46.9 Å². The Morgan fingerprint density at radius 3 is 2.57 bits per heavy atom. The van der Waals surface area contributed by atoms with Gasteiger partial charge in [-0.2, -0.15) is 0 Å². The van der Waals surface area contributed by atoms with E-state index < -0.39 is 0 Å². The van der Waals surface area contributed by atoms with Crippen molar-refractivity contribution in [3.8, 4) is 0 Å². The Labute approximate surface area is 227 Å². The minimum Gasteiger partial charge on any atom is -0.337 e. The highest BCUT2D eigenvalue weighted by Gasteiger charge is 2.63. The van der Waals surface area contributed by atoms with Crippen LogP contribution in [-0.4, -0.2) is 27.9 Å². The molecule has 4 saturated carbocycles. The maximum atomic E-state index is 13.9. The van der Waals surface area contributed by atoms with Crippen molar-refractivity contribution in [3.05, 3.63) is 18.7 Å². The first-order valence-electron chi connectivity index (χ1n) is 15.9. The van der Waals surface area contributed by atoms with Crippen LogP contribution in [0.25, 0.3) is 0 Å². The molecular formula is C33H55N3O. The third-order valence-electron chi connectivity index (χ3n) is 12.3. The van der Waals surface area contributed by atoms with Crippen LogP contribution in [0.15, 0.2) is 18.7 Å². The Kier molecular flexibility index (Phi) is 8.25. The zero-order chi connectivity index (χ0) is 26.2. The highest BCUT2D eigenvalue weighted by atomic mass is 16.1. The fourth-order valence-electron chi connectivity index (χ4n) is 10.1. The minimum atomic E-state index is 0.354. The normalized spacial score (nSPS) is 40.3. The summed E-state index contributed by atoms with van der Waals surface area (Å²) in [5, 5.41) is 3.86. The predicted molar refractivity (Wildman–Crippen MR) is 152 cm³/mol. The Morgan fingerprint density at radius 2 is 1.81 bits per heavy atom. The molecule has 0 radical (unpaired) electrons. The summed E-state index contributed by atoms with van der Waals surface area (Å²) in [5.74, 6) is 5.31. The van der Waals surface area contributed by atoms with Gasteiger partial charge in [-0.05, 0) is 104 Å². The number of fused-ring (bicyclic) bond motifs is 5. The zero-order valence-electron chi connectivity index (χ0n) is 24.6. The molecule has 4 nitrogen and oxygen atoms in total. The molecule has 4 heteroatoms. The number of hydrogen-bond acceptors (Lipinski definition) is 3. The van der Waals surface area contributed by atoms with E-state index in [1.54, 1.807) is 0 Å². The van der Waals surface area contributed by atoms with Gasteiger partial charge < -0.3 is 9.88 Å². The van der Waals surface area contributed by atoms with Crippen molar-refractivity contribution in [1.82, 2.24) is 14.9 Å².